The third kappa shape index (κ3) is 5.45. The summed E-state index contributed by atoms with van der Waals surface area (Å²) >= 11 is 5.74. The molecule has 3 rings (SSSR count). The molecule has 0 saturated carbocycles. The van der Waals surface area contributed by atoms with Gasteiger partial charge >= 0.3 is 12.0 Å². The zero-order chi connectivity index (χ0) is 24.2. The van der Waals surface area contributed by atoms with Gasteiger partial charge in [0.25, 0.3) is 0 Å². The molecule has 1 aliphatic heterocycles. The first kappa shape index (κ1) is 24.5. The Morgan fingerprint density at radius 2 is 1.88 bits per heavy atom. The average Bonchev–Trinajstić information content (AvgIpc) is 2.75. The smallest absolute Gasteiger partial charge is 0.338 e. The lowest BCUT2D eigenvalue weighted by atomic mass is 9.95. The Balaban J connectivity index is 2.14. The molecule has 176 valence electrons. The molecule has 0 saturated heterocycles. The fraction of sp³-hybridized carbons (Fsp3) is 0.273. The number of ether oxygens (including phenoxy) is 2. The number of urea groups is 1. The summed E-state index contributed by atoms with van der Waals surface area (Å²) in [5, 5.41) is 4.68. The minimum Gasteiger partial charge on any atom is -0.494 e. The van der Waals surface area contributed by atoms with Crippen LogP contribution in [0.2, 0.25) is 5.02 Å². The Labute approximate surface area is 195 Å². The molecular weight excluding hydrogens is 475 g/mol. The molecule has 11 heteroatoms. The van der Waals surface area contributed by atoms with Crippen molar-refractivity contribution in [3.63, 3.8) is 0 Å². The summed E-state index contributed by atoms with van der Waals surface area (Å²) < 4.78 is 50.4. The molecule has 2 aromatic rings. The average molecular weight is 497 g/mol. The summed E-state index contributed by atoms with van der Waals surface area (Å²) in [6.07, 6.45) is 0. The molecule has 0 aliphatic carbocycles. The van der Waals surface area contributed by atoms with Crippen molar-refractivity contribution in [3.05, 3.63) is 70.1 Å². The van der Waals surface area contributed by atoms with E-state index in [1.807, 2.05) is 0 Å². The molecule has 33 heavy (non-hydrogen) atoms. The second kappa shape index (κ2) is 10.2. The van der Waals surface area contributed by atoms with Crippen LogP contribution in [-0.2, 0) is 19.4 Å². The van der Waals surface area contributed by atoms with Crippen LogP contribution in [0.5, 0.6) is 5.75 Å². The van der Waals surface area contributed by atoms with Gasteiger partial charge in [-0.05, 0) is 38.1 Å². The number of hydrogen-bond donors (Lipinski definition) is 2. The minimum atomic E-state index is -4.12. The lowest BCUT2D eigenvalue weighted by Gasteiger charge is -2.30. The number of benzene rings is 2. The van der Waals surface area contributed by atoms with Crippen LogP contribution < -0.4 is 15.4 Å². The largest absolute Gasteiger partial charge is 0.494 e. The topological polar surface area (TPSA) is 111 Å². The van der Waals surface area contributed by atoms with Gasteiger partial charge in [-0.3, -0.25) is 0 Å². The van der Waals surface area contributed by atoms with Crippen molar-refractivity contribution in [2.45, 2.75) is 24.8 Å². The summed E-state index contributed by atoms with van der Waals surface area (Å²) in [5.74, 6) is -1.90. The number of nitrogens with one attached hydrogen (secondary N) is 2. The highest BCUT2D eigenvalue weighted by atomic mass is 35.5. The van der Waals surface area contributed by atoms with Crippen LogP contribution >= 0.6 is 11.6 Å². The van der Waals surface area contributed by atoms with Crippen LogP contribution in [0.3, 0.4) is 0 Å². The highest BCUT2D eigenvalue weighted by Crippen LogP contribution is 2.34. The molecule has 2 amide bonds. The summed E-state index contributed by atoms with van der Waals surface area (Å²) in [6.45, 7) is 3.75. The van der Waals surface area contributed by atoms with Gasteiger partial charge in [-0.2, -0.15) is 0 Å². The van der Waals surface area contributed by atoms with Crippen LogP contribution in [0.1, 0.15) is 25.5 Å². The van der Waals surface area contributed by atoms with Crippen molar-refractivity contribution < 1.29 is 31.9 Å². The summed E-state index contributed by atoms with van der Waals surface area (Å²) in [6, 6.07) is 8.00. The Morgan fingerprint density at radius 1 is 1.15 bits per heavy atom. The van der Waals surface area contributed by atoms with Crippen LogP contribution in [-0.4, -0.2) is 39.4 Å². The normalized spacial score (nSPS) is 16.1. The second-order valence-electron chi connectivity index (χ2n) is 6.95. The maximum absolute atomic E-state index is 13.5. The predicted molar refractivity (Wildman–Crippen MR) is 119 cm³/mol. The molecule has 2 N–H and O–H groups in total. The molecule has 0 fully saturated rings. The maximum Gasteiger partial charge on any atom is 0.338 e. The number of halogens is 2. The molecular formula is C22H22ClFN2O6S. The van der Waals surface area contributed by atoms with Crippen LogP contribution in [0.15, 0.2) is 58.6 Å². The van der Waals surface area contributed by atoms with E-state index in [2.05, 4.69) is 10.6 Å². The molecule has 1 atom stereocenters. The lowest BCUT2D eigenvalue weighted by Crippen LogP contribution is -2.47. The van der Waals surface area contributed by atoms with Crippen molar-refractivity contribution >= 4 is 33.4 Å². The van der Waals surface area contributed by atoms with Crippen molar-refractivity contribution in [1.29, 1.82) is 0 Å². The third-order valence-electron chi connectivity index (χ3n) is 4.76. The molecule has 0 spiro atoms. The first-order chi connectivity index (χ1) is 15.7. The number of sulfone groups is 1. The third-order valence-corrected chi connectivity index (χ3v) is 6.69. The second-order valence-corrected chi connectivity index (χ2v) is 9.35. The Kier molecular flexibility index (Phi) is 7.60. The molecule has 1 aliphatic rings. The van der Waals surface area contributed by atoms with E-state index >= 15 is 0 Å². The van der Waals surface area contributed by atoms with Crippen molar-refractivity contribution in [2.75, 3.05) is 19.0 Å². The number of esters is 1. The predicted octanol–water partition coefficient (Wildman–Crippen LogP) is 3.52. The van der Waals surface area contributed by atoms with Gasteiger partial charge in [0.05, 0.1) is 40.5 Å². The number of rotatable bonds is 8. The zero-order valence-corrected chi connectivity index (χ0v) is 19.4. The zero-order valence-electron chi connectivity index (χ0n) is 17.9. The molecule has 2 aromatic carbocycles. The van der Waals surface area contributed by atoms with Gasteiger partial charge in [-0.15, -0.1) is 0 Å². The fourth-order valence-corrected chi connectivity index (χ4v) is 4.96. The number of hydrogen-bond acceptors (Lipinski definition) is 6. The highest BCUT2D eigenvalue weighted by molar-refractivity contribution is 7.91. The van der Waals surface area contributed by atoms with E-state index in [1.165, 1.54) is 0 Å². The van der Waals surface area contributed by atoms with Gasteiger partial charge in [0.2, 0.25) is 0 Å². The van der Waals surface area contributed by atoms with Gasteiger partial charge < -0.3 is 20.1 Å². The molecule has 1 heterocycles. The molecule has 0 radical (unpaired) electrons. The number of para-hydroxylation sites is 1. The van der Waals surface area contributed by atoms with Crippen LogP contribution in [0.4, 0.5) is 9.18 Å². The van der Waals surface area contributed by atoms with Crippen molar-refractivity contribution in [2.24, 2.45) is 0 Å². The van der Waals surface area contributed by atoms with Gasteiger partial charge in [0.15, 0.2) is 9.84 Å². The van der Waals surface area contributed by atoms with E-state index < -0.39 is 39.4 Å². The Hall–Kier alpha value is -3.11. The Bertz CT molecular complexity index is 1220. The molecule has 8 nitrogen and oxygen atoms in total. The first-order valence-electron chi connectivity index (χ1n) is 10.0. The van der Waals surface area contributed by atoms with E-state index in [0.717, 1.165) is 18.2 Å². The van der Waals surface area contributed by atoms with Gasteiger partial charge in [-0.1, -0.05) is 29.8 Å². The molecule has 0 bridgehead atoms. The van der Waals surface area contributed by atoms with Gasteiger partial charge in [0, 0.05) is 11.3 Å². The van der Waals surface area contributed by atoms with Gasteiger partial charge in [-0.25, -0.2) is 22.4 Å². The molecule has 1 unspecified atom stereocenters. The molecule has 0 aromatic heterocycles. The number of carbonyl (C=O) groups excluding carboxylic acids is 2. The standard InChI is InChI=1S/C22H22ClFN2O6S/c1-3-31-18-8-6-5-7-14(18)20-19(21(27)32-4-2)17(25-22(28)26-20)12-33(29,30)13-9-10-16(24)15(23)11-13/h5-11,20H,3-4,12H2,1-2H3,(H2,25,26,28). The minimum absolute atomic E-state index is 0.0315. The van der Waals surface area contributed by atoms with Crippen LogP contribution in [0, 0.1) is 5.82 Å². The fourth-order valence-electron chi connectivity index (χ4n) is 3.36. The van der Waals surface area contributed by atoms with Crippen molar-refractivity contribution in [1.82, 2.24) is 10.6 Å². The van der Waals surface area contributed by atoms with E-state index in [9.17, 15) is 22.4 Å². The SMILES string of the molecule is CCOC(=O)C1=C(CS(=O)(=O)c2ccc(F)c(Cl)c2)NC(=O)NC1c1ccccc1OCC. The quantitative estimate of drug-likeness (QED) is 0.427. The summed E-state index contributed by atoms with van der Waals surface area (Å²) in [4.78, 5) is 25.1. The Morgan fingerprint density at radius 3 is 2.55 bits per heavy atom. The van der Waals surface area contributed by atoms with Crippen LogP contribution in [0.25, 0.3) is 0 Å². The highest BCUT2D eigenvalue weighted by Gasteiger charge is 2.37. The lowest BCUT2D eigenvalue weighted by molar-refractivity contribution is -0.139. The number of carbonyl (C=O) groups is 2. The number of amides is 2. The van der Waals surface area contributed by atoms with Gasteiger partial charge in [0.1, 0.15) is 11.6 Å². The van der Waals surface area contributed by atoms with E-state index in [4.69, 9.17) is 21.1 Å². The van der Waals surface area contributed by atoms with E-state index in [0.29, 0.717) is 17.9 Å². The van der Waals surface area contributed by atoms with E-state index in [1.54, 1.807) is 38.1 Å². The summed E-state index contributed by atoms with van der Waals surface area (Å²) in [7, 11) is -4.12. The maximum atomic E-state index is 13.5. The summed E-state index contributed by atoms with van der Waals surface area (Å²) in [5.41, 5.74) is 0.214. The van der Waals surface area contributed by atoms with E-state index in [-0.39, 0.29) is 27.8 Å². The monoisotopic (exact) mass is 496 g/mol. The van der Waals surface area contributed by atoms with Crippen molar-refractivity contribution in [3.8, 4) is 5.75 Å². The first-order valence-corrected chi connectivity index (χ1v) is 12.1.